The molecule has 1 fully saturated rings. The van der Waals surface area contributed by atoms with Crippen LogP contribution in [-0.2, 0) is 4.79 Å². The van der Waals surface area contributed by atoms with E-state index in [0.717, 1.165) is 5.56 Å². The van der Waals surface area contributed by atoms with E-state index >= 15 is 0 Å². The second-order valence-corrected chi connectivity index (χ2v) is 11.0. The van der Waals surface area contributed by atoms with Crippen molar-refractivity contribution in [3.05, 3.63) is 98.5 Å². The van der Waals surface area contributed by atoms with E-state index in [1.807, 2.05) is 37.3 Å². The first kappa shape index (κ1) is 26.1. The predicted octanol–water partition coefficient (Wildman–Crippen LogP) is 7.17. The Kier molecular flexibility index (Phi) is 7.86. The summed E-state index contributed by atoms with van der Waals surface area (Å²) in [5, 5.41) is 3.85. The van der Waals surface area contributed by atoms with Gasteiger partial charge in [0.05, 0.1) is 16.5 Å². The number of hydrazine groups is 1. The van der Waals surface area contributed by atoms with Crippen molar-refractivity contribution in [2.45, 2.75) is 23.2 Å². The zero-order valence-electron chi connectivity index (χ0n) is 18.3. The topological polar surface area (TPSA) is 70.2 Å². The third kappa shape index (κ3) is 5.88. The third-order valence-electron chi connectivity index (χ3n) is 5.76. The summed E-state index contributed by atoms with van der Waals surface area (Å²) in [7, 11) is 0. The van der Waals surface area contributed by atoms with Crippen LogP contribution in [0.2, 0.25) is 15.1 Å². The number of carbonyl (C=O) groups excluding carboxylic acids is 2. The number of amides is 2. The molecule has 3 aromatic carbocycles. The van der Waals surface area contributed by atoms with E-state index in [1.54, 1.807) is 24.3 Å². The molecule has 1 aliphatic carbocycles. The maximum atomic E-state index is 13.0. The molecule has 3 N–H and O–H groups in total. The summed E-state index contributed by atoms with van der Waals surface area (Å²) in [6.07, 6.45) is 0. The standard InChI is InChI=1S/C25H20Cl5N3O2/c1-13(14-5-3-2-4-6-14)32-33-23(34)19-12-18(7-8-20(19)28)31-24(35)22-21(25(22,29)30)15-9-16(26)11-17(27)10-15/h2-13,21-22,32H,1H3,(H,31,35)(H,33,34). The molecule has 35 heavy (non-hydrogen) atoms. The van der Waals surface area contributed by atoms with E-state index < -0.39 is 28.0 Å². The number of carbonyl (C=O) groups is 2. The van der Waals surface area contributed by atoms with Gasteiger partial charge in [0, 0.05) is 27.7 Å². The highest BCUT2D eigenvalue weighted by molar-refractivity contribution is 6.53. The summed E-state index contributed by atoms with van der Waals surface area (Å²) >= 11 is 31.3. The molecule has 0 spiro atoms. The van der Waals surface area contributed by atoms with E-state index in [4.69, 9.17) is 58.0 Å². The highest BCUT2D eigenvalue weighted by Crippen LogP contribution is 2.65. The number of nitrogens with one attached hydrogen (secondary N) is 3. The lowest BCUT2D eigenvalue weighted by Crippen LogP contribution is -2.39. The van der Waals surface area contributed by atoms with Crippen LogP contribution in [0.1, 0.15) is 40.4 Å². The number of anilines is 1. The Labute approximate surface area is 228 Å². The fraction of sp³-hybridized carbons (Fsp3) is 0.200. The van der Waals surface area contributed by atoms with Gasteiger partial charge in [0.15, 0.2) is 0 Å². The van der Waals surface area contributed by atoms with Crippen LogP contribution in [0.5, 0.6) is 0 Å². The molecule has 1 saturated carbocycles. The Morgan fingerprint density at radius 3 is 2.23 bits per heavy atom. The summed E-state index contributed by atoms with van der Waals surface area (Å²) in [4.78, 5) is 25.7. The molecule has 0 aliphatic heterocycles. The molecule has 182 valence electrons. The maximum absolute atomic E-state index is 13.0. The van der Waals surface area contributed by atoms with Crippen LogP contribution in [0.25, 0.3) is 0 Å². The van der Waals surface area contributed by atoms with Gasteiger partial charge in [0.25, 0.3) is 5.91 Å². The van der Waals surface area contributed by atoms with Crippen LogP contribution in [0.3, 0.4) is 0 Å². The molecule has 3 unspecified atom stereocenters. The molecule has 0 bridgehead atoms. The summed E-state index contributed by atoms with van der Waals surface area (Å²) in [6, 6.07) is 19.1. The largest absolute Gasteiger partial charge is 0.326 e. The number of alkyl halides is 2. The number of hydrogen-bond donors (Lipinski definition) is 3. The minimum atomic E-state index is -1.32. The second-order valence-electron chi connectivity index (χ2n) is 8.25. The first-order valence-corrected chi connectivity index (χ1v) is 12.5. The lowest BCUT2D eigenvalue weighted by atomic mass is 10.1. The number of hydrogen-bond acceptors (Lipinski definition) is 3. The highest BCUT2D eigenvalue weighted by atomic mass is 35.5. The average Bonchev–Trinajstić information content (AvgIpc) is 3.40. The fourth-order valence-corrected chi connectivity index (χ4v) is 5.46. The van der Waals surface area contributed by atoms with E-state index in [-0.39, 0.29) is 16.6 Å². The monoisotopic (exact) mass is 569 g/mol. The highest BCUT2D eigenvalue weighted by Gasteiger charge is 2.67. The Morgan fingerprint density at radius 2 is 1.57 bits per heavy atom. The molecular weight excluding hydrogens is 552 g/mol. The average molecular weight is 572 g/mol. The quantitative estimate of drug-likeness (QED) is 0.208. The van der Waals surface area contributed by atoms with Gasteiger partial charge in [0.1, 0.15) is 4.33 Å². The van der Waals surface area contributed by atoms with E-state index in [0.29, 0.717) is 21.3 Å². The smallest absolute Gasteiger partial charge is 0.266 e. The van der Waals surface area contributed by atoms with Gasteiger partial charge >= 0.3 is 0 Å². The first-order valence-electron chi connectivity index (χ1n) is 10.6. The van der Waals surface area contributed by atoms with E-state index in [2.05, 4.69) is 16.2 Å². The number of benzene rings is 3. The van der Waals surface area contributed by atoms with Gasteiger partial charge in [0.2, 0.25) is 5.91 Å². The molecule has 10 heteroatoms. The Morgan fingerprint density at radius 1 is 0.914 bits per heavy atom. The minimum absolute atomic E-state index is 0.130. The van der Waals surface area contributed by atoms with Crippen LogP contribution in [-0.4, -0.2) is 16.1 Å². The molecule has 0 aromatic heterocycles. The molecular formula is C25H20Cl5N3O2. The van der Waals surface area contributed by atoms with Crippen LogP contribution in [0, 0.1) is 5.92 Å². The summed E-state index contributed by atoms with van der Waals surface area (Å²) < 4.78 is -1.32. The fourth-order valence-electron chi connectivity index (χ4n) is 3.89. The van der Waals surface area contributed by atoms with Crippen LogP contribution >= 0.6 is 58.0 Å². The Hall–Kier alpha value is -1.99. The molecule has 3 aromatic rings. The van der Waals surface area contributed by atoms with Crippen molar-refractivity contribution in [2.75, 3.05) is 5.32 Å². The van der Waals surface area contributed by atoms with Crippen molar-refractivity contribution in [1.29, 1.82) is 0 Å². The van der Waals surface area contributed by atoms with Gasteiger partial charge in [-0.15, -0.1) is 23.2 Å². The van der Waals surface area contributed by atoms with Gasteiger partial charge in [-0.3, -0.25) is 15.0 Å². The summed E-state index contributed by atoms with van der Waals surface area (Å²) in [6.45, 7) is 1.91. The maximum Gasteiger partial charge on any atom is 0.266 e. The van der Waals surface area contributed by atoms with Crippen LogP contribution < -0.4 is 16.2 Å². The van der Waals surface area contributed by atoms with Crippen molar-refractivity contribution < 1.29 is 9.59 Å². The van der Waals surface area contributed by atoms with Gasteiger partial charge < -0.3 is 5.32 Å². The first-order chi connectivity index (χ1) is 16.6. The lowest BCUT2D eigenvalue weighted by Gasteiger charge is -2.16. The lowest BCUT2D eigenvalue weighted by molar-refractivity contribution is -0.117. The van der Waals surface area contributed by atoms with Crippen molar-refractivity contribution in [3.8, 4) is 0 Å². The van der Waals surface area contributed by atoms with Crippen LogP contribution in [0.4, 0.5) is 5.69 Å². The molecule has 5 nitrogen and oxygen atoms in total. The molecule has 0 saturated heterocycles. The van der Waals surface area contributed by atoms with E-state index in [1.165, 1.54) is 12.1 Å². The SMILES string of the molecule is CC(NNC(=O)c1cc(NC(=O)C2C(c3cc(Cl)cc(Cl)c3)C2(Cl)Cl)ccc1Cl)c1ccccc1. The number of rotatable bonds is 7. The molecule has 0 radical (unpaired) electrons. The molecule has 4 rings (SSSR count). The zero-order valence-corrected chi connectivity index (χ0v) is 22.1. The van der Waals surface area contributed by atoms with Gasteiger partial charge in [-0.25, -0.2) is 5.43 Å². The van der Waals surface area contributed by atoms with Crippen LogP contribution in [0.15, 0.2) is 66.7 Å². The van der Waals surface area contributed by atoms with Crippen molar-refractivity contribution in [3.63, 3.8) is 0 Å². The Balaban J connectivity index is 1.44. The van der Waals surface area contributed by atoms with Crippen molar-refractivity contribution in [2.24, 2.45) is 5.92 Å². The molecule has 0 heterocycles. The summed E-state index contributed by atoms with van der Waals surface area (Å²) in [5.74, 6) is -2.07. The zero-order chi connectivity index (χ0) is 25.3. The molecule has 2 amide bonds. The number of halogens is 5. The summed E-state index contributed by atoms with van der Waals surface area (Å²) in [5.41, 5.74) is 7.84. The van der Waals surface area contributed by atoms with E-state index in [9.17, 15) is 9.59 Å². The van der Waals surface area contributed by atoms with Crippen molar-refractivity contribution in [1.82, 2.24) is 10.9 Å². The normalized spacial score (nSPS) is 19.0. The van der Waals surface area contributed by atoms with Gasteiger partial charge in [-0.1, -0.05) is 65.1 Å². The van der Waals surface area contributed by atoms with Gasteiger partial charge in [-0.05, 0) is 54.4 Å². The predicted molar refractivity (Wildman–Crippen MR) is 143 cm³/mol. The molecule has 3 atom stereocenters. The molecule has 1 aliphatic rings. The second kappa shape index (κ2) is 10.6. The Bertz CT molecular complexity index is 1250. The minimum Gasteiger partial charge on any atom is -0.326 e. The van der Waals surface area contributed by atoms with Crippen molar-refractivity contribution >= 4 is 75.5 Å². The third-order valence-corrected chi connectivity index (χ3v) is 7.47. The van der Waals surface area contributed by atoms with Gasteiger partial charge in [-0.2, -0.15) is 0 Å².